The van der Waals surface area contributed by atoms with Gasteiger partial charge in [-0.15, -0.1) is 10.2 Å². The van der Waals surface area contributed by atoms with Gasteiger partial charge in [0.05, 0.1) is 17.6 Å². The fourth-order valence-electron chi connectivity index (χ4n) is 3.82. The van der Waals surface area contributed by atoms with Gasteiger partial charge in [0.2, 0.25) is 16.0 Å². The second-order valence-electron chi connectivity index (χ2n) is 7.27. The first-order valence-corrected chi connectivity index (χ1v) is 11.3. The Hall–Kier alpha value is -3.01. The molecule has 1 aromatic carbocycles. The molecule has 158 valence electrons. The molecule has 0 unspecified atom stereocenters. The van der Waals surface area contributed by atoms with Crippen LogP contribution in [0.2, 0.25) is 0 Å². The van der Waals surface area contributed by atoms with E-state index in [-0.39, 0.29) is 5.92 Å². The Bertz CT molecular complexity index is 1240. The zero-order chi connectivity index (χ0) is 23.8. The number of piperidine rings is 1. The lowest BCUT2D eigenvalue weighted by Crippen LogP contribution is -2.34. The zero-order valence-corrected chi connectivity index (χ0v) is 17.1. The summed E-state index contributed by atoms with van der Waals surface area (Å²) in [6.07, 6.45) is 4.91. The molecule has 1 aliphatic heterocycles. The highest BCUT2D eigenvalue weighted by atomic mass is 32.2. The summed E-state index contributed by atoms with van der Waals surface area (Å²) in [6, 6.07) is 8.07. The summed E-state index contributed by atoms with van der Waals surface area (Å²) in [5.41, 5.74) is 2.42. The van der Waals surface area contributed by atoms with E-state index >= 15 is 0 Å². The first-order valence-electron chi connectivity index (χ1n) is 10.9. The molecule has 8 nitrogen and oxygen atoms in total. The van der Waals surface area contributed by atoms with Gasteiger partial charge in [-0.1, -0.05) is 12.1 Å². The van der Waals surface area contributed by atoms with Crippen molar-refractivity contribution in [2.75, 3.05) is 29.0 Å². The third-order valence-corrected chi connectivity index (χ3v) is 5.71. The number of aromatic nitrogens is 4. The predicted octanol–water partition coefficient (Wildman–Crippen LogP) is 2.77. The first-order chi connectivity index (χ1) is 15.5. The zero-order valence-electron chi connectivity index (χ0n) is 19.3. The summed E-state index contributed by atoms with van der Waals surface area (Å²) < 4.78 is 64.1. The summed E-state index contributed by atoms with van der Waals surface area (Å²) in [4.78, 5) is 5.77. The molecule has 0 bridgehead atoms. The van der Waals surface area contributed by atoms with E-state index in [9.17, 15) is 12.8 Å². The summed E-state index contributed by atoms with van der Waals surface area (Å²) in [6.45, 7) is -1.30. The maximum atomic E-state index is 13.4. The normalized spacial score (nSPS) is 17.3. The number of nitrogens with zero attached hydrogens (tertiary/aromatic N) is 5. The van der Waals surface area contributed by atoms with Crippen LogP contribution in [-0.2, 0) is 17.0 Å². The van der Waals surface area contributed by atoms with E-state index in [4.69, 9.17) is 4.11 Å². The Morgan fingerprint density at radius 2 is 2.03 bits per heavy atom. The van der Waals surface area contributed by atoms with Crippen LogP contribution in [0.5, 0.6) is 0 Å². The Morgan fingerprint density at radius 3 is 2.70 bits per heavy atom. The topological polar surface area (TPSA) is 93.0 Å². The highest BCUT2D eigenvalue weighted by Crippen LogP contribution is 2.40. The summed E-state index contributed by atoms with van der Waals surface area (Å²) >= 11 is 0. The highest BCUT2D eigenvalue weighted by Gasteiger charge is 2.27. The highest BCUT2D eigenvalue weighted by molar-refractivity contribution is 7.92. The molecule has 0 atom stereocenters. The number of halogens is 1. The van der Waals surface area contributed by atoms with Crippen molar-refractivity contribution in [3.63, 3.8) is 0 Å². The van der Waals surface area contributed by atoms with E-state index in [1.165, 1.54) is 18.6 Å². The number of hydrogen-bond acceptors (Lipinski definition) is 6. The molecule has 3 heterocycles. The molecule has 0 aliphatic carbocycles. The number of rotatable bonds is 5. The van der Waals surface area contributed by atoms with Crippen LogP contribution in [0.3, 0.4) is 0 Å². The smallest absolute Gasteiger partial charge is 0.229 e. The van der Waals surface area contributed by atoms with Crippen LogP contribution in [-0.4, -0.2) is 47.5 Å². The Balaban J connectivity index is 1.67. The molecule has 0 amide bonds. The largest absolute Gasteiger partial charge is 0.369 e. The van der Waals surface area contributed by atoms with Gasteiger partial charge in [0.15, 0.2) is 0 Å². The lowest BCUT2D eigenvalue weighted by atomic mass is 9.94. The molecule has 10 heteroatoms. The van der Waals surface area contributed by atoms with E-state index in [1.807, 2.05) is 11.0 Å². The second kappa shape index (κ2) is 8.02. The van der Waals surface area contributed by atoms with Gasteiger partial charge in [-0.2, -0.15) is 4.39 Å². The molecule has 1 aliphatic rings. The van der Waals surface area contributed by atoms with Crippen molar-refractivity contribution in [1.82, 2.24) is 19.7 Å². The number of nitrogens with one attached hydrogen (secondary N) is 1. The lowest BCUT2D eigenvalue weighted by Gasteiger charge is -2.35. The van der Waals surface area contributed by atoms with Crippen LogP contribution >= 0.6 is 0 Å². The Morgan fingerprint density at radius 1 is 1.23 bits per heavy atom. The van der Waals surface area contributed by atoms with Gasteiger partial charge in [0.25, 0.3) is 0 Å². The average molecular weight is 434 g/mol. The Kier molecular flexibility index (Phi) is 4.48. The summed E-state index contributed by atoms with van der Waals surface area (Å²) in [7, 11) is -3.55. The number of pyridine rings is 1. The van der Waals surface area contributed by atoms with E-state index in [0.29, 0.717) is 54.3 Å². The molecular formula is C20H23FN6O2S. The van der Waals surface area contributed by atoms with Crippen LogP contribution in [0.1, 0.15) is 28.7 Å². The van der Waals surface area contributed by atoms with Gasteiger partial charge in [0, 0.05) is 47.4 Å². The molecule has 1 saturated heterocycles. The van der Waals surface area contributed by atoms with Crippen LogP contribution in [0.4, 0.5) is 15.8 Å². The first kappa shape index (κ1) is 16.8. The maximum Gasteiger partial charge on any atom is 0.229 e. The molecule has 2 aromatic heterocycles. The summed E-state index contributed by atoms with van der Waals surface area (Å²) in [5.74, 6) is -0.291. The molecule has 30 heavy (non-hydrogen) atoms. The van der Waals surface area contributed by atoms with Crippen molar-refractivity contribution in [2.24, 2.45) is 6.98 Å². The average Bonchev–Trinajstić information content (AvgIpc) is 3.24. The van der Waals surface area contributed by atoms with Gasteiger partial charge in [0.1, 0.15) is 12.2 Å². The summed E-state index contributed by atoms with van der Waals surface area (Å²) in [5, 5.41) is 7.82. The number of para-hydroxylation sites is 1. The standard InChI is InChI=1S/C20H23FN6O2S/c1-26-13-23-24-20(26)14-8-10-27(11-9-14)19-16(15-6-7-18(21)22-12-15)4-3-5-17(19)25-30(2,28)29/h3-7,12-14,25H,8-11H2,1-2H3/i1D3. The van der Waals surface area contributed by atoms with Gasteiger partial charge in [-0.05, 0) is 31.0 Å². The van der Waals surface area contributed by atoms with E-state index in [0.717, 1.165) is 10.8 Å². The maximum absolute atomic E-state index is 13.4. The Labute approximate surface area is 179 Å². The van der Waals surface area contributed by atoms with E-state index in [2.05, 4.69) is 19.9 Å². The molecule has 3 aromatic rings. The van der Waals surface area contributed by atoms with Gasteiger partial charge in [-0.25, -0.2) is 13.4 Å². The lowest BCUT2D eigenvalue weighted by molar-refractivity contribution is 0.474. The van der Waals surface area contributed by atoms with Crippen molar-refractivity contribution in [1.29, 1.82) is 0 Å². The molecule has 0 radical (unpaired) electrons. The van der Waals surface area contributed by atoms with E-state index < -0.39 is 22.9 Å². The van der Waals surface area contributed by atoms with Crippen LogP contribution in [0, 0.1) is 5.95 Å². The second-order valence-corrected chi connectivity index (χ2v) is 9.01. The van der Waals surface area contributed by atoms with Crippen LogP contribution < -0.4 is 9.62 Å². The predicted molar refractivity (Wildman–Crippen MR) is 113 cm³/mol. The quantitative estimate of drug-likeness (QED) is 0.622. The monoisotopic (exact) mass is 433 g/mol. The molecule has 1 N–H and O–H groups in total. The third-order valence-electron chi connectivity index (χ3n) is 5.12. The van der Waals surface area contributed by atoms with Crippen LogP contribution in [0.25, 0.3) is 11.1 Å². The minimum Gasteiger partial charge on any atom is -0.369 e. The number of hydrogen-bond donors (Lipinski definition) is 1. The van der Waals surface area contributed by atoms with Crippen LogP contribution in [0.15, 0.2) is 42.9 Å². The number of anilines is 2. The van der Waals surface area contributed by atoms with Crippen molar-refractivity contribution >= 4 is 21.4 Å². The van der Waals surface area contributed by atoms with E-state index in [1.54, 1.807) is 18.2 Å². The van der Waals surface area contributed by atoms with Gasteiger partial charge in [-0.3, -0.25) is 4.72 Å². The minimum absolute atomic E-state index is 0.102. The minimum atomic E-state index is -3.55. The molecule has 4 rings (SSSR count). The van der Waals surface area contributed by atoms with Crippen molar-refractivity contribution in [3.05, 3.63) is 54.6 Å². The van der Waals surface area contributed by atoms with Gasteiger partial charge >= 0.3 is 0 Å². The van der Waals surface area contributed by atoms with Crippen molar-refractivity contribution < 1.29 is 16.9 Å². The molecular weight excluding hydrogens is 407 g/mol. The SMILES string of the molecule is [2H]C([2H])([2H])n1cnnc1C1CCN(c2c(NS(C)(=O)=O)cccc2-c2ccc(F)nc2)CC1. The number of benzene rings is 1. The molecule has 0 spiro atoms. The van der Waals surface area contributed by atoms with Gasteiger partial charge < -0.3 is 9.47 Å². The molecule has 0 saturated carbocycles. The fourth-order valence-corrected chi connectivity index (χ4v) is 4.38. The fraction of sp³-hybridized carbons (Fsp3) is 0.350. The van der Waals surface area contributed by atoms with Crippen molar-refractivity contribution in [2.45, 2.75) is 18.8 Å². The van der Waals surface area contributed by atoms with Crippen molar-refractivity contribution in [3.8, 4) is 11.1 Å². The molecule has 1 fully saturated rings. The number of aryl methyl sites for hydroxylation is 1. The number of sulfonamides is 1. The third kappa shape index (κ3) is 4.28.